The number of nitrogens with one attached hydrogen (secondary N) is 1. The summed E-state index contributed by atoms with van der Waals surface area (Å²) >= 11 is 0. The van der Waals surface area contributed by atoms with Crippen molar-refractivity contribution >= 4 is 5.97 Å². The van der Waals surface area contributed by atoms with E-state index in [0.717, 1.165) is 6.54 Å². The molecule has 0 aromatic rings. The quantitative estimate of drug-likeness (QED) is 0.473. The van der Waals surface area contributed by atoms with Gasteiger partial charge in [-0.25, -0.2) is 4.79 Å². The summed E-state index contributed by atoms with van der Waals surface area (Å²) in [6.45, 7) is 0.764. The second-order valence-electron chi connectivity index (χ2n) is 2.61. The van der Waals surface area contributed by atoms with E-state index in [9.17, 15) is 4.79 Å². The maximum atomic E-state index is 10.5. The predicted molar refractivity (Wildman–Crippen MR) is 42.2 cm³/mol. The molecule has 0 aromatic carbocycles. The Morgan fingerprint density at radius 1 is 1.73 bits per heavy atom. The van der Waals surface area contributed by atoms with Crippen molar-refractivity contribution in [1.82, 2.24) is 5.32 Å². The fourth-order valence-electron chi connectivity index (χ4n) is 0.745. The fourth-order valence-corrected chi connectivity index (χ4v) is 0.745. The van der Waals surface area contributed by atoms with Crippen molar-refractivity contribution in [2.75, 3.05) is 13.7 Å². The molecule has 0 spiro atoms. The van der Waals surface area contributed by atoms with Gasteiger partial charge in [-0.3, -0.25) is 0 Å². The topological polar surface area (TPSA) is 38.3 Å². The maximum absolute atomic E-state index is 10.5. The Balaban J connectivity index is 1.99. The van der Waals surface area contributed by atoms with Gasteiger partial charge in [0, 0.05) is 18.7 Å². The van der Waals surface area contributed by atoms with Crippen LogP contribution < -0.4 is 5.32 Å². The molecule has 0 unspecified atom stereocenters. The van der Waals surface area contributed by atoms with Gasteiger partial charge in [0.15, 0.2) is 0 Å². The summed E-state index contributed by atoms with van der Waals surface area (Å²) in [6.07, 6.45) is 5.76. The van der Waals surface area contributed by atoms with Crippen LogP contribution in [0.2, 0.25) is 0 Å². The molecule has 0 bridgehead atoms. The molecule has 1 aliphatic rings. The molecule has 0 heterocycles. The summed E-state index contributed by atoms with van der Waals surface area (Å²) < 4.78 is 4.42. The van der Waals surface area contributed by atoms with Crippen molar-refractivity contribution in [2.45, 2.75) is 18.9 Å². The number of methoxy groups -OCH3 is 1. The van der Waals surface area contributed by atoms with Crippen LogP contribution in [0.1, 0.15) is 12.8 Å². The van der Waals surface area contributed by atoms with Gasteiger partial charge in [0.25, 0.3) is 0 Å². The largest absolute Gasteiger partial charge is 0.466 e. The minimum absolute atomic E-state index is 0.289. The molecular formula is C8H13NO2. The monoisotopic (exact) mass is 155 g/mol. The lowest BCUT2D eigenvalue weighted by atomic mass is 10.5. The van der Waals surface area contributed by atoms with E-state index >= 15 is 0 Å². The maximum Gasteiger partial charge on any atom is 0.330 e. The van der Waals surface area contributed by atoms with Gasteiger partial charge >= 0.3 is 5.97 Å². The normalized spacial score (nSPS) is 17.2. The molecule has 1 N–H and O–H groups in total. The van der Waals surface area contributed by atoms with Crippen LogP contribution in [0.25, 0.3) is 0 Å². The number of hydrogen-bond donors (Lipinski definition) is 1. The lowest BCUT2D eigenvalue weighted by Gasteiger charge is -1.94. The Morgan fingerprint density at radius 3 is 3.00 bits per heavy atom. The van der Waals surface area contributed by atoms with Crippen molar-refractivity contribution in [3.8, 4) is 0 Å². The van der Waals surface area contributed by atoms with Crippen LogP contribution in [0.4, 0.5) is 0 Å². The van der Waals surface area contributed by atoms with Crippen molar-refractivity contribution < 1.29 is 9.53 Å². The summed E-state index contributed by atoms with van der Waals surface area (Å²) in [6, 6.07) is 0.692. The van der Waals surface area contributed by atoms with Gasteiger partial charge in [0.2, 0.25) is 0 Å². The summed E-state index contributed by atoms with van der Waals surface area (Å²) in [5, 5.41) is 3.24. The Bertz CT molecular complexity index is 161. The van der Waals surface area contributed by atoms with E-state index < -0.39 is 0 Å². The molecule has 0 radical (unpaired) electrons. The second kappa shape index (κ2) is 4.13. The third-order valence-electron chi connectivity index (χ3n) is 1.56. The molecule has 1 saturated carbocycles. The molecule has 0 atom stereocenters. The smallest absolute Gasteiger partial charge is 0.330 e. The average molecular weight is 155 g/mol. The van der Waals surface area contributed by atoms with Crippen molar-refractivity contribution in [1.29, 1.82) is 0 Å². The van der Waals surface area contributed by atoms with Crippen LogP contribution in [0, 0.1) is 0 Å². The van der Waals surface area contributed by atoms with Gasteiger partial charge in [-0.1, -0.05) is 6.08 Å². The first-order valence-corrected chi connectivity index (χ1v) is 3.81. The average Bonchev–Trinajstić information content (AvgIpc) is 2.81. The van der Waals surface area contributed by atoms with Gasteiger partial charge in [0.05, 0.1) is 7.11 Å². The van der Waals surface area contributed by atoms with E-state index in [1.54, 1.807) is 6.08 Å². The van der Waals surface area contributed by atoms with Gasteiger partial charge in [0.1, 0.15) is 0 Å². The number of ether oxygens (including phenoxy) is 1. The number of carbonyl (C=O) groups is 1. The minimum Gasteiger partial charge on any atom is -0.466 e. The summed E-state index contributed by atoms with van der Waals surface area (Å²) in [5.41, 5.74) is 0. The highest BCUT2D eigenvalue weighted by Gasteiger charge is 2.18. The van der Waals surface area contributed by atoms with E-state index in [0.29, 0.717) is 6.04 Å². The number of carbonyl (C=O) groups excluding carboxylic acids is 1. The summed E-state index contributed by atoms with van der Waals surface area (Å²) in [5.74, 6) is -0.289. The van der Waals surface area contributed by atoms with E-state index in [2.05, 4.69) is 10.1 Å². The minimum atomic E-state index is -0.289. The van der Waals surface area contributed by atoms with Crippen molar-refractivity contribution in [3.05, 3.63) is 12.2 Å². The zero-order valence-electron chi connectivity index (χ0n) is 6.67. The fraction of sp³-hybridized carbons (Fsp3) is 0.625. The van der Waals surface area contributed by atoms with Crippen molar-refractivity contribution in [3.63, 3.8) is 0 Å². The lowest BCUT2D eigenvalue weighted by Crippen LogP contribution is -2.15. The molecule has 0 aliphatic heterocycles. The van der Waals surface area contributed by atoms with Crippen molar-refractivity contribution in [2.24, 2.45) is 0 Å². The standard InChI is InChI=1S/C8H13NO2/c1-11-8(10)3-2-6-9-7-4-5-7/h2-3,7,9H,4-6H2,1H3/b3-2+. The molecule has 1 rings (SSSR count). The van der Waals surface area contributed by atoms with Crippen LogP contribution in [0.3, 0.4) is 0 Å². The number of rotatable bonds is 4. The highest BCUT2D eigenvalue weighted by molar-refractivity contribution is 5.81. The predicted octanol–water partition coefficient (Wildman–Crippen LogP) is 0.468. The molecule has 0 amide bonds. The van der Waals surface area contributed by atoms with Crippen LogP contribution >= 0.6 is 0 Å². The van der Waals surface area contributed by atoms with E-state index in [4.69, 9.17) is 0 Å². The first kappa shape index (κ1) is 8.27. The molecular weight excluding hydrogens is 142 g/mol. The number of hydrogen-bond acceptors (Lipinski definition) is 3. The third-order valence-corrected chi connectivity index (χ3v) is 1.56. The van der Waals surface area contributed by atoms with Crippen LogP contribution in [-0.4, -0.2) is 25.7 Å². The van der Waals surface area contributed by atoms with Gasteiger partial charge < -0.3 is 10.1 Å². The first-order chi connectivity index (χ1) is 5.33. The zero-order chi connectivity index (χ0) is 8.10. The third kappa shape index (κ3) is 3.78. The van der Waals surface area contributed by atoms with Crippen LogP contribution in [-0.2, 0) is 9.53 Å². The molecule has 3 heteroatoms. The van der Waals surface area contributed by atoms with E-state index in [1.807, 2.05) is 0 Å². The Kier molecular flexibility index (Phi) is 3.11. The van der Waals surface area contributed by atoms with E-state index in [1.165, 1.54) is 26.0 Å². The summed E-state index contributed by atoms with van der Waals surface area (Å²) in [4.78, 5) is 10.5. The first-order valence-electron chi connectivity index (χ1n) is 3.81. The molecule has 3 nitrogen and oxygen atoms in total. The molecule has 0 aromatic heterocycles. The summed E-state index contributed by atoms with van der Waals surface area (Å²) in [7, 11) is 1.38. The van der Waals surface area contributed by atoms with Gasteiger partial charge in [-0.2, -0.15) is 0 Å². The molecule has 1 aliphatic carbocycles. The lowest BCUT2D eigenvalue weighted by molar-refractivity contribution is -0.134. The molecule has 0 saturated heterocycles. The molecule has 11 heavy (non-hydrogen) atoms. The van der Waals surface area contributed by atoms with Crippen LogP contribution in [0.5, 0.6) is 0 Å². The zero-order valence-corrected chi connectivity index (χ0v) is 6.67. The van der Waals surface area contributed by atoms with Gasteiger partial charge in [-0.15, -0.1) is 0 Å². The van der Waals surface area contributed by atoms with Gasteiger partial charge in [-0.05, 0) is 12.8 Å². The van der Waals surface area contributed by atoms with Crippen LogP contribution in [0.15, 0.2) is 12.2 Å². The highest BCUT2D eigenvalue weighted by Crippen LogP contribution is 2.17. The number of esters is 1. The SMILES string of the molecule is COC(=O)/C=C/CNC1CC1. The Morgan fingerprint density at radius 2 is 2.45 bits per heavy atom. The van der Waals surface area contributed by atoms with E-state index in [-0.39, 0.29) is 5.97 Å². The second-order valence-corrected chi connectivity index (χ2v) is 2.61. The molecule has 62 valence electrons. The molecule has 1 fully saturated rings. The highest BCUT2D eigenvalue weighted by atomic mass is 16.5. The Labute approximate surface area is 66.4 Å². The Hall–Kier alpha value is -0.830.